The lowest BCUT2D eigenvalue weighted by atomic mass is 10.00. The van der Waals surface area contributed by atoms with Crippen molar-refractivity contribution in [2.24, 2.45) is 16.6 Å². The van der Waals surface area contributed by atoms with Gasteiger partial charge in [0.15, 0.2) is 5.96 Å². The standard InChI is InChI=1S/C17H26N4O.HI/c1-13(2)7-9-19-17(18)20-11-16(22)21-10-8-14-5-3-4-6-15(14)12-21;/h3-6,13H,7-12H2,1-2H3,(H3,18,19,20);1H. The highest BCUT2D eigenvalue weighted by molar-refractivity contribution is 14.0. The summed E-state index contributed by atoms with van der Waals surface area (Å²) in [5.74, 6) is 1.00. The molecule has 2 rings (SSSR count). The summed E-state index contributed by atoms with van der Waals surface area (Å²) in [6, 6.07) is 8.28. The number of fused-ring (bicyclic) bond motifs is 1. The molecule has 1 aromatic carbocycles. The van der Waals surface area contributed by atoms with Gasteiger partial charge in [-0.05, 0) is 29.9 Å². The Balaban J connectivity index is 0.00000264. The SMILES string of the molecule is CC(C)CCNC(N)=NCC(=O)N1CCc2ccccc2C1.I. The molecule has 1 aromatic rings. The van der Waals surface area contributed by atoms with Crippen molar-refractivity contribution in [3.8, 4) is 0 Å². The fourth-order valence-corrected chi connectivity index (χ4v) is 2.51. The van der Waals surface area contributed by atoms with E-state index in [4.69, 9.17) is 5.73 Å². The smallest absolute Gasteiger partial charge is 0.244 e. The van der Waals surface area contributed by atoms with E-state index in [0.29, 0.717) is 18.4 Å². The maximum absolute atomic E-state index is 12.2. The molecule has 1 aliphatic rings. The summed E-state index contributed by atoms with van der Waals surface area (Å²) in [7, 11) is 0. The molecule has 0 atom stereocenters. The molecule has 1 aliphatic heterocycles. The van der Waals surface area contributed by atoms with Gasteiger partial charge in [0.2, 0.25) is 5.91 Å². The molecule has 5 nitrogen and oxygen atoms in total. The van der Waals surface area contributed by atoms with E-state index in [1.54, 1.807) is 0 Å². The predicted octanol–water partition coefficient (Wildman–Crippen LogP) is 2.14. The lowest BCUT2D eigenvalue weighted by Gasteiger charge is -2.28. The van der Waals surface area contributed by atoms with Crippen LogP contribution in [-0.4, -0.2) is 36.4 Å². The minimum Gasteiger partial charge on any atom is -0.370 e. The largest absolute Gasteiger partial charge is 0.370 e. The molecule has 0 bridgehead atoms. The third-order valence-corrected chi connectivity index (χ3v) is 3.90. The summed E-state index contributed by atoms with van der Waals surface area (Å²) < 4.78 is 0. The predicted molar refractivity (Wildman–Crippen MR) is 105 cm³/mol. The number of carbonyl (C=O) groups is 1. The summed E-state index contributed by atoms with van der Waals surface area (Å²) in [5, 5.41) is 3.04. The Kier molecular flexibility index (Phi) is 8.36. The van der Waals surface area contributed by atoms with Crippen LogP contribution in [0.15, 0.2) is 29.3 Å². The van der Waals surface area contributed by atoms with Gasteiger partial charge in [-0.15, -0.1) is 24.0 Å². The molecule has 3 N–H and O–H groups in total. The first-order valence-electron chi connectivity index (χ1n) is 7.94. The van der Waals surface area contributed by atoms with E-state index in [-0.39, 0.29) is 36.4 Å². The van der Waals surface area contributed by atoms with Crippen LogP contribution >= 0.6 is 24.0 Å². The van der Waals surface area contributed by atoms with Gasteiger partial charge in [0.1, 0.15) is 6.54 Å². The van der Waals surface area contributed by atoms with E-state index < -0.39 is 0 Å². The minimum absolute atomic E-state index is 0. The zero-order valence-corrected chi connectivity index (χ0v) is 16.2. The van der Waals surface area contributed by atoms with Crippen LogP contribution in [0.2, 0.25) is 0 Å². The fourth-order valence-electron chi connectivity index (χ4n) is 2.51. The van der Waals surface area contributed by atoms with Gasteiger partial charge in [-0.1, -0.05) is 38.1 Å². The van der Waals surface area contributed by atoms with Gasteiger partial charge in [-0.25, -0.2) is 4.99 Å². The number of carbonyl (C=O) groups excluding carboxylic acids is 1. The molecule has 128 valence electrons. The monoisotopic (exact) mass is 430 g/mol. The van der Waals surface area contributed by atoms with Crippen LogP contribution in [0.3, 0.4) is 0 Å². The van der Waals surface area contributed by atoms with Crippen LogP contribution < -0.4 is 11.1 Å². The Morgan fingerprint density at radius 3 is 2.74 bits per heavy atom. The Morgan fingerprint density at radius 2 is 2.04 bits per heavy atom. The molecular weight excluding hydrogens is 403 g/mol. The molecule has 6 heteroatoms. The van der Waals surface area contributed by atoms with Crippen molar-refractivity contribution in [2.45, 2.75) is 33.2 Å². The molecule has 0 saturated carbocycles. The molecule has 23 heavy (non-hydrogen) atoms. The number of halogens is 1. The van der Waals surface area contributed by atoms with Gasteiger partial charge in [-0.2, -0.15) is 0 Å². The quantitative estimate of drug-likeness (QED) is 0.427. The van der Waals surface area contributed by atoms with E-state index >= 15 is 0 Å². The van der Waals surface area contributed by atoms with E-state index in [2.05, 4.69) is 36.3 Å². The second-order valence-electron chi connectivity index (χ2n) is 6.14. The molecule has 1 heterocycles. The van der Waals surface area contributed by atoms with E-state index in [1.807, 2.05) is 17.0 Å². The zero-order valence-electron chi connectivity index (χ0n) is 13.9. The number of aliphatic imine (C=N–C) groups is 1. The second kappa shape index (κ2) is 9.75. The summed E-state index contributed by atoms with van der Waals surface area (Å²) in [6.45, 7) is 6.65. The summed E-state index contributed by atoms with van der Waals surface area (Å²) in [4.78, 5) is 18.2. The van der Waals surface area contributed by atoms with Crippen LogP contribution in [0.5, 0.6) is 0 Å². The highest BCUT2D eigenvalue weighted by Gasteiger charge is 2.19. The Bertz CT molecular complexity index is 545. The Morgan fingerprint density at radius 1 is 1.35 bits per heavy atom. The number of hydrogen-bond donors (Lipinski definition) is 2. The van der Waals surface area contributed by atoms with Gasteiger partial charge < -0.3 is 16.0 Å². The second-order valence-corrected chi connectivity index (χ2v) is 6.14. The van der Waals surface area contributed by atoms with Gasteiger partial charge in [-0.3, -0.25) is 4.79 Å². The highest BCUT2D eigenvalue weighted by Crippen LogP contribution is 2.18. The Hall–Kier alpha value is -1.31. The first-order chi connectivity index (χ1) is 10.6. The number of hydrogen-bond acceptors (Lipinski definition) is 2. The average Bonchev–Trinajstić information content (AvgIpc) is 2.51. The van der Waals surface area contributed by atoms with Crippen molar-refractivity contribution in [3.05, 3.63) is 35.4 Å². The third kappa shape index (κ3) is 6.37. The lowest BCUT2D eigenvalue weighted by molar-refractivity contribution is -0.130. The van der Waals surface area contributed by atoms with Crippen LogP contribution in [-0.2, 0) is 17.8 Å². The molecule has 0 fully saturated rings. The zero-order chi connectivity index (χ0) is 15.9. The summed E-state index contributed by atoms with van der Waals surface area (Å²) in [5.41, 5.74) is 8.35. The van der Waals surface area contributed by atoms with Crippen LogP contribution in [0.1, 0.15) is 31.4 Å². The van der Waals surface area contributed by atoms with Gasteiger partial charge >= 0.3 is 0 Å². The Labute approximate surface area is 155 Å². The van der Waals surface area contributed by atoms with Crippen molar-refractivity contribution in [1.82, 2.24) is 10.2 Å². The first-order valence-corrected chi connectivity index (χ1v) is 7.94. The average molecular weight is 430 g/mol. The van der Waals surface area contributed by atoms with Gasteiger partial charge in [0.25, 0.3) is 0 Å². The normalized spacial score (nSPS) is 14.2. The topological polar surface area (TPSA) is 70.7 Å². The third-order valence-electron chi connectivity index (χ3n) is 3.90. The molecule has 0 unspecified atom stereocenters. The van der Waals surface area contributed by atoms with E-state index in [0.717, 1.165) is 25.9 Å². The summed E-state index contributed by atoms with van der Waals surface area (Å²) in [6.07, 6.45) is 1.95. The van der Waals surface area contributed by atoms with Crippen molar-refractivity contribution < 1.29 is 4.79 Å². The van der Waals surface area contributed by atoms with Crippen LogP contribution in [0.4, 0.5) is 0 Å². The number of nitrogens with two attached hydrogens (primary N) is 1. The molecule has 1 amide bonds. The summed E-state index contributed by atoms with van der Waals surface area (Å²) >= 11 is 0. The number of rotatable bonds is 5. The van der Waals surface area contributed by atoms with Gasteiger partial charge in [0, 0.05) is 19.6 Å². The minimum atomic E-state index is 0. The highest BCUT2D eigenvalue weighted by atomic mass is 127. The first kappa shape index (κ1) is 19.7. The van der Waals surface area contributed by atoms with E-state index in [1.165, 1.54) is 11.1 Å². The van der Waals surface area contributed by atoms with Crippen molar-refractivity contribution >= 4 is 35.8 Å². The number of guanidine groups is 1. The lowest BCUT2D eigenvalue weighted by Crippen LogP contribution is -2.39. The number of benzene rings is 1. The van der Waals surface area contributed by atoms with Gasteiger partial charge in [0.05, 0.1) is 0 Å². The van der Waals surface area contributed by atoms with Crippen molar-refractivity contribution in [1.29, 1.82) is 0 Å². The van der Waals surface area contributed by atoms with Crippen molar-refractivity contribution in [2.75, 3.05) is 19.6 Å². The van der Waals surface area contributed by atoms with Crippen LogP contribution in [0.25, 0.3) is 0 Å². The maximum Gasteiger partial charge on any atom is 0.244 e. The number of amides is 1. The molecule has 0 saturated heterocycles. The van der Waals surface area contributed by atoms with E-state index in [9.17, 15) is 4.79 Å². The molecule has 0 aliphatic carbocycles. The number of nitrogens with one attached hydrogen (secondary N) is 1. The molecule has 0 aromatic heterocycles. The maximum atomic E-state index is 12.2. The fraction of sp³-hybridized carbons (Fsp3) is 0.529. The van der Waals surface area contributed by atoms with Crippen molar-refractivity contribution in [3.63, 3.8) is 0 Å². The molecule has 0 spiro atoms. The molecular formula is C17H27IN4O. The van der Waals surface area contributed by atoms with Crippen LogP contribution in [0, 0.1) is 5.92 Å². The molecule has 0 radical (unpaired) electrons. The number of nitrogens with zero attached hydrogens (tertiary/aromatic N) is 2.